The number of carbonyl (C=O) groups excluding carboxylic acids is 2. The minimum absolute atomic E-state index is 0.0369. The lowest BCUT2D eigenvalue weighted by molar-refractivity contribution is -0.132. The number of fused-ring (bicyclic) bond motifs is 1. The van der Waals surface area contributed by atoms with Crippen LogP contribution in [0.4, 0.5) is 0 Å². The summed E-state index contributed by atoms with van der Waals surface area (Å²) in [7, 11) is 1.64. The number of hydrogen-bond donors (Lipinski definition) is 1. The topological polar surface area (TPSA) is 65.6 Å². The SMILES string of the molecule is COc1ccccc1CN(CCc1c[nH]c2ccccc12)C(=O)CN(C(=O)c1ccc(Cl)cc1)C1CC1. The number of methoxy groups -OCH3 is 1. The average molecular weight is 516 g/mol. The molecule has 5 rings (SSSR count). The Bertz CT molecular complexity index is 1390. The van der Waals surface area contributed by atoms with Gasteiger partial charge in [0.15, 0.2) is 0 Å². The van der Waals surface area contributed by atoms with Gasteiger partial charge in [-0.25, -0.2) is 0 Å². The van der Waals surface area contributed by atoms with Crippen LogP contribution in [0.2, 0.25) is 5.02 Å². The molecular formula is C30H30ClN3O3. The van der Waals surface area contributed by atoms with Gasteiger partial charge in [-0.15, -0.1) is 0 Å². The van der Waals surface area contributed by atoms with Gasteiger partial charge < -0.3 is 19.5 Å². The van der Waals surface area contributed by atoms with Gasteiger partial charge in [-0.2, -0.15) is 0 Å². The molecule has 1 fully saturated rings. The molecule has 37 heavy (non-hydrogen) atoms. The standard InChI is InChI=1S/C30H30ClN3O3/c1-37-28-9-5-2-6-23(28)19-33(17-16-22-18-32-27-8-4-3-7-26(22)27)29(35)20-34(25-14-15-25)30(36)21-10-12-24(31)13-11-21/h2-13,18,25,32H,14-17,19-20H2,1H3. The molecule has 190 valence electrons. The van der Waals surface area contributed by atoms with E-state index in [1.165, 1.54) is 0 Å². The molecule has 1 aromatic heterocycles. The van der Waals surface area contributed by atoms with Gasteiger partial charge in [0.25, 0.3) is 5.91 Å². The molecule has 2 amide bonds. The fourth-order valence-corrected chi connectivity index (χ4v) is 4.81. The zero-order chi connectivity index (χ0) is 25.8. The smallest absolute Gasteiger partial charge is 0.254 e. The van der Waals surface area contributed by atoms with Crippen molar-refractivity contribution in [3.05, 3.63) is 101 Å². The van der Waals surface area contributed by atoms with Gasteiger partial charge >= 0.3 is 0 Å². The van der Waals surface area contributed by atoms with E-state index in [-0.39, 0.29) is 24.4 Å². The van der Waals surface area contributed by atoms with Crippen LogP contribution in [-0.4, -0.2) is 52.8 Å². The van der Waals surface area contributed by atoms with Crippen molar-refractivity contribution in [1.29, 1.82) is 0 Å². The highest BCUT2D eigenvalue weighted by Gasteiger charge is 2.35. The predicted octanol–water partition coefficient (Wildman–Crippen LogP) is 5.71. The van der Waals surface area contributed by atoms with Crippen molar-refractivity contribution in [2.45, 2.75) is 31.8 Å². The van der Waals surface area contributed by atoms with E-state index in [0.717, 1.165) is 40.6 Å². The summed E-state index contributed by atoms with van der Waals surface area (Å²) >= 11 is 6.01. The molecule has 1 aliphatic rings. The van der Waals surface area contributed by atoms with E-state index in [9.17, 15) is 9.59 Å². The van der Waals surface area contributed by atoms with E-state index < -0.39 is 0 Å². The average Bonchev–Trinajstić information content (AvgIpc) is 3.69. The van der Waals surface area contributed by atoms with Gasteiger partial charge in [-0.1, -0.05) is 48.0 Å². The summed E-state index contributed by atoms with van der Waals surface area (Å²) in [6.07, 6.45) is 4.53. The first-order chi connectivity index (χ1) is 18.0. The summed E-state index contributed by atoms with van der Waals surface area (Å²) in [6.45, 7) is 0.959. The Labute approximate surface area is 221 Å². The largest absolute Gasteiger partial charge is 0.496 e. The molecule has 0 saturated heterocycles. The number of ether oxygens (including phenoxy) is 1. The van der Waals surface area contributed by atoms with Gasteiger partial charge in [-0.3, -0.25) is 9.59 Å². The van der Waals surface area contributed by atoms with Crippen molar-refractivity contribution in [2.24, 2.45) is 0 Å². The van der Waals surface area contributed by atoms with Gasteiger partial charge in [0.05, 0.1) is 7.11 Å². The van der Waals surface area contributed by atoms with Crippen LogP contribution in [0, 0.1) is 0 Å². The number of nitrogens with zero attached hydrogens (tertiary/aromatic N) is 2. The van der Waals surface area contributed by atoms with Crippen molar-refractivity contribution in [3.8, 4) is 5.75 Å². The Balaban J connectivity index is 1.37. The normalized spacial score (nSPS) is 12.9. The fraction of sp³-hybridized carbons (Fsp3) is 0.267. The van der Waals surface area contributed by atoms with Crippen molar-refractivity contribution in [3.63, 3.8) is 0 Å². The Morgan fingerprint density at radius 1 is 0.973 bits per heavy atom. The molecule has 7 heteroatoms. The van der Waals surface area contributed by atoms with E-state index in [1.54, 1.807) is 36.3 Å². The maximum Gasteiger partial charge on any atom is 0.254 e. The molecule has 1 aliphatic carbocycles. The summed E-state index contributed by atoms with van der Waals surface area (Å²) in [4.78, 5) is 34.0. The van der Waals surface area contributed by atoms with Crippen LogP contribution in [0.1, 0.15) is 34.3 Å². The Kier molecular flexibility index (Phi) is 7.47. The lowest BCUT2D eigenvalue weighted by atomic mass is 10.1. The maximum absolute atomic E-state index is 13.8. The third-order valence-corrected chi connectivity index (χ3v) is 7.13. The fourth-order valence-electron chi connectivity index (χ4n) is 4.68. The molecule has 1 N–H and O–H groups in total. The molecule has 0 unspecified atom stereocenters. The first kappa shape index (κ1) is 24.9. The highest BCUT2D eigenvalue weighted by molar-refractivity contribution is 6.30. The number of nitrogens with one attached hydrogen (secondary N) is 1. The van der Waals surface area contributed by atoms with E-state index >= 15 is 0 Å². The number of benzene rings is 3. The number of carbonyl (C=O) groups is 2. The molecule has 4 aromatic rings. The van der Waals surface area contributed by atoms with Crippen LogP contribution < -0.4 is 4.74 Å². The van der Waals surface area contributed by atoms with Crippen molar-refractivity contribution < 1.29 is 14.3 Å². The first-order valence-corrected chi connectivity index (χ1v) is 12.9. The van der Waals surface area contributed by atoms with Crippen molar-refractivity contribution in [2.75, 3.05) is 20.2 Å². The molecule has 1 saturated carbocycles. The maximum atomic E-state index is 13.8. The third-order valence-electron chi connectivity index (χ3n) is 6.88. The molecule has 0 aliphatic heterocycles. The summed E-state index contributed by atoms with van der Waals surface area (Å²) in [5.74, 6) is 0.519. The quantitative estimate of drug-likeness (QED) is 0.294. The van der Waals surface area contributed by atoms with E-state index in [0.29, 0.717) is 30.1 Å². The number of hydrogen-bond acceptors (Lipinski definition) is 3. The molecule has 0 atom stereocenters. The number of halogens is 1. The Morgan fingerprint density at radius 2 is 1.70 bits per heavy atom. The molecule has 0 bridgehead atoms. The molecule has 1 heterocycles. The second-order valence-corrected chi connectivity index (χ2v) is 9.84. The molecule has 6 nitrogen and oxygen atoms in total. The molecule has 0 radical (unpaired) electrons. The number of rotatable bonds is 10. The van der Waals surface area contributed by atoms with Crippen LogP contribution in [0.25, 0.3) is 10.9 Å². The van der Waals surface area contributed by atoms with Crippen LogP contribution in [0.3, 0.4) is 0 Å². The zero-order valence-electron chi connectivity index (χ0n) is 20.8. The minimum Gasteiger partial charge on any atom is -0.496 e. The number of aromatic nitrogens is 1. The second kappa shape index (κ2) is 11.1. The van der Waals surface area contributed by atoms with Crippen molar-refractivity contribution in [1.82, 2.24) is 14.8 Å². The highest BCUT2D eigenvalue weighted by atomic mass is 35.5. The lowest BCUT2D eigenvalue weighted by Gasteiger charge is -2.28. The van der Waals surface area contributed by atoms with E-state index in [2.05, 4.69) is 11.1 Å². The van der Waals surface area contributed by atoms with Crippen LogP contribution in [-0.2, 0) is 17.8 Å². The number of H-pyrrole nitrogens is 1. The third kappa shape index (κ3) is 5.81. The van der Waals surface area contributed by atoms with Gasteiger partial charge in [-0.05, 0) is 61.2 Å². The summed E-state index contributed by atoms with van der Waals surface area (Å²) in [5.41, 5.74) is 3.71. The predicted molar refractivity (Wildman–Crippen MR) is 146 cm³/mol. The number of amides is 2. The molecular weight excluding hydrogens is 486 g/mol. The van der Waals surface area contributed by atoms with Crippen LogP contribution in [0.5, 0.6) is 5.75 Å². The summed E-state index contributed by atoms with van der Waals surface area (Å²) < 4.78 is 5.55. The Hall–Kier alpha value is -3.77. The number of aromatic amines is 1. The lowest BCUT2D eigenvalue weighted by Crippen LogP contribution is -2.44. The van der Waals surface area contributed by atoms with Crippen molar-refractivity contribution >= 4 is 34.3 Å². The van der Waals surface area contributed by atoms with Gasteiger partial charge in [0.2, 0.25) is 5.91 Å². The van der Waals surface area contributed by atoms with Crippen LogP contribution >= 0.6 is 11.6 Å². The van der Waals surface area contributed by atoms with Gasteiger partial charge in [0, 0.05) is 52.4 Å². The molecule has 0 spiro atoms. The van der Waals surface area contributed by atoms with E-state index in [1.807, 2.05) is 53.6 Å². The Morgan fingerprint density at radius 3 is 2.46 bits per heavy atom. The second-order valence-electron chi connectivity index (χ2n) is 9.41. The van der Waals surface area contributed by atoms with E-state index in [4.69, 9.17) is 16.3 Å². The highest BCUT2D eigenvalue weighted by Crippen LogP contribution is 2.29. The zero-order valence-corrected chi connectivity index (χ0v) is 21.6. The summed E-state index contributed by atoms with van der Waals surface area (Å²) in [5, 5.41) is 1.73. The summed E-state index contributed by atoms with van der Waals surface area (Å²) in [6, 6.07) is 22.8. The minimum atomic E-state index is -0.138. The number of para-hydroxylation sites is 2. The van der Waals surface area contributed by atoms with Crippen LogP contribution in [0.15, 0.2) is 79.0 Å². The molecule has 3 aromatic carbocycles. The first-order valence-electron chi connectivity index (χ1n) is 12.5. The van der Waals surface area contributed by atoms with Gasteiger partial charge in [0.1, 0.15) is 12.3 Å². The monoisotopic (exact) mass is 515 g/mol.